The molecule has 1 saturated carbocycles. The van der Waals surface area contributed by atoms with Crippen LogP contribution in [0.25, 0.3) is 22.0 Å². The minimum absolute atomic E-state index is 0.0516. The zero-order valence-corrected chi connectivity index (χ0v) is 27.6. The van der Waals surface area contributed by atoms with E-state index < -0.39 is 29.8 Å². The smallest absolute Gasteiger partial charge is 0.410 e. The Balaban J connectivity index is 1.22. The highest BCUT2D eigenvalue weighted by Gasteiger charge is 2.42. The van der Waals surface area contributed by atoms with Gasteiger partial charge in [-0.3, -0.25) is 4.79 Å². The van der Waals surface area contributed by atoms with Crippen molar-refractivity contribution in [1.82, 2.24) is 19.9 Å². The summed E-state index contributed by atoms with van der Waals surface area (Å²) < 4.78 is 39.6. The van der Waals surface area contributed by atoms with Crippen molar-refractivity contribution in [2.45, 2.75) is 77.4 Å². The second-order valence-electron chi connectivity index (χ2n) is 13.5. The molecule has 0 radical (unpaired) electrons. The lowest BCUT2D eigenvalue weighted by atomic mass is 10.0. The van der Waals surface area contributed by atoms with E-state index in [-0.39, 0.29) is 25.0 Å². The molecule has 1 aliphatic carbocycles. The molecular formula is C36H40F2N6O4. The third kappa shape index (κ3) is 7.64. The number of likely N-dealkylation sites (tertiary alicyclic amines) is 1. The molecule has 12 heteroatoms. The molecule has 2 amide bonds. The molecule has 3 heterocycles. The fraction of sp³-hybridized carbons (Fsp3) is 0.417. The Morgan fingerprint density at radius 3 is 2.60 bits per heavy atom. The van der Waals surface area contributed by atoms with E-state index in [2.05, 4.69) is 20.6 Å². The number of aromatic nitrogens is 3. The number of ether oxygens (including phenoxy) is 2. The highest BCUT2D eigenvalue weighted by atomic mass is 19.3. The summed E-state index contributed by atoms with van der Waals surface area (Å²) >= 11 is 0. The van der Waals surface area contributed by atoms with Crippen LogP contribution in [0.3, 0.4) is 0 Å². The number of nitrogens with one attached hydrogen (secondary N) is 2. The summed E-state index contributed by atoms with van der Waals surface area (Å²) in [5, 5.41) is 7.71. The first-order valence-corrected chi connectivity index (χ1v) is 16.3. The Bertz CT molecular complexity index is 1830. The number of carbonyl (C=O) groups is 2. The second kappa shape index (κ2) is 13.3. The van der Waals surface area contributed by atoms with Crippen molar-refractivity contribution >= 4 is 34.4 Å². The van der Waals surface area contributed by atoms with Crippen LogP contribution in [0.5, 0.6) is 11.6 Å². The van der Waals surface area contributed by atoms with E-state index in [4.69, 9.17) is 14.5 Å². The Morgan fingerprint density at radius 1 is 1.00 bits per heavy atom. The van der Waals surface area contributed by atoms with Gasteiger partial charge in [-0.15, -0.1) is 0 Å². The molecule has 0 spiro atoms. The molecule has 2 atom stereocenters. The molecule has 10 nitrogen and oxygen atoms in total. The van der Waals surface area contributed by atoms with Gasteiger partial charge in [-0.2, -0.15) is 0 Å². The first-order chi connectivity index (χ1) is 22.8. The second-order valence-corrected chi connectivity index (χ2v) is 13.5. The number of amides is 2. The van der Waals surface area contributed by atoms with Crippen LogP contribution in [0, 0.1) is 12.8 Å². The van der Waals surface area contributed by atoms with Crippen molar-refractivity contribution in [3.05, 3.63) is 66.5 Å². The van der Waals surface area contributed by atoms with Gasteiger partial charge in [-0.25, -0.2) is 28.5 Å². The van der Waals surface area contributed by atoms with Crippen LogP contribution in [0.2, 0.25) is 0 Å². The van der Waals surface area contributed by atoms with Crippen LogP contribution in [-0.2, 0) is 9.53 Å². The van der Waals surface area contributed by atoms with Gasteiger partial charge in [0.2, 0.25) is 23.7 Å². The molecule has 0 unspecified atom stereocenters. The van der Waals surface area contributed by atoms with Crippen LogP contribution in [0.4, 0.5) is 25.2 Å². The van der Waals surface area contributed by atoms with Gasteiger partial charge < -0.3 is 25.0 Å². The fourth-order valence-electron chi connectivity index (χ4n) is 6.20. The highest BCUT2D eigenvalue weighted by molar-refractivity contribution is 6.05. The number of fused-ring (bicyclic) bond motifs is 1. The van der Waals surface area contributed by atoms with Gasteiger partial charge in [0.25, 0.3) is 0 Å². The van der Waals surface area contributed by atoms with E-state index in [1.807, 2.05) is 52.0 Å². The van der Waals surface area contributed by atoms with Gasteiger partial charge >= 0.3 is 6.09 Å². The lowest BCUT2D eigenvalue weighted by Gasteiger charge is -2.34. The van der Waals surface area contributed by atoms with E-state index in [1.54, 1.807) is 41.6 Å². The standard InChI is InChI=1S/C36H40F2N6O4/c1-22-12-13-25-26(9-5-11-28(25)42-31(45)23-14-16-36(37,38)20-23)30(22)47-32-27(10-6-17-39-32)29-15-18-40-33(43-29)41-24-8-7-19-44(21-24)34(46)48-35(2,3)4/h5-6,9-13,15,17-18,23-24H,7-8,14,16,19-21H2,1-4H3,(H,42,45)(H,40,41,43)/t23-,24-/m0/s1. The molecule has 2 aromatic heterocycles. The minimum Gasteiger partial charge on any atom is -0.444 e. The van der Waals surface area contributed by atoms with Crippen LogP contribution in [0.1, 0.15) is 58.4 Å². The number of hydrogen-bond acceptors (Lipinski definition) is 8. The Hall–Kier alpha value is -4.87. The average Bonchev–Trinajstić information content (AvgIpc) is 3.42. The predicted octanol–water partition coefficient (Wildman–Crippen LogP) is 7.98. The third-order valence-electron chi connectivity index (χ3n) is 8.55. The maximum Gasteiger partial charge on any atom is 0.410 e. The number of rotatable bonds is 7. The van der Waals surface area contributed by atoms with Gasteiger partial charge in [0.1, 0.15) is 11.4 Å². The molecule has 2 aromatic carbocycles. The number of piperidine rings is 1. The first-order valence-electron chi connectivity index (χ1n) is 16.3. The zero-order valence-electron chi connectivity index (χ0n) is 27.6. The summed E-state index contributed by atoms with van der Waals surface area (Å²) in [6, 6.07) is 14.6. The van der Waals surface area contributed by atoms with Crippen molar-refractivity contribution in [2.75, 3.05) is 23.7 Å². The molecule has 252 valence electrons. The lowest BCUT2D eigenvalue weighted by molar-refractivity contribution is -0.120. The maximum absolute atomic E-state index is 13.8. The van der Waals surface area contributed by atoms with Crippen LogP contribution in [0.15, 0.2) is 60.9 Å². The van der Waals surface area contributed by atoms with Crippen LogP contribution >= 0.6 is 0 Å². The van der Waals surface area contributed by atoms with E-state index in [0.29, 0.717) is 47.6 Å². The number of pyridine rings is 1. The van der Waals surface area contributed by atoms with Crippen molar-refractivity contribution < 1.29 is 27.8 Å². The molecule has 1 saturated heterocycles. The Kier molecular flexibility index (Phi) is 9.18. The molecule has 2 N–H and O–H groups in total. The molecule has 0 bridgehead atoms. The van der Waals surface area contributed by atoms with E-state index in [1.165, 1.54) is 0 Å². The Labute approximate surface area is 278 Å². The van der Waals surface area contributed by atoms with E-state index >= 15 is 0 Å². The number of alkyl halides is 2. The number of hydrogen-bond donors (Lipinski definition) is 2. The summed E-state index contributed by atoms with van der Waals surface area (Å²) in [4.78, 5) is 41.0. The summed E-state index contributed by atoms with van der Waals surface area (Å²) in [5.41, 5.74) is 2.03. The molecule has 1 aliphatic heterocycles. The monoisotopic (exact) mass is 658 g/mol. The van der Waals surface area contributed by atoms with Gasteiger partial charge in [-0.1, -0.05) is 24.3 Å². The van der Waals surface area contributed by atoms with Crippen molar-refractivity contribution in [3.63, 3.8) is 0 Å². The number of nitrogens with zero attached hydrogens (tertiary/aromatic N) is 4. The summed E-state index contributed by atoms with van der Waals surface area (Å²) in [6.45, 7) is 8.57. The summed E-state index contributed by atoms with van der Waals surface area (Å²) in [5.74, 6) is -2.66. The average molecular weight is 659 g/mol. The highest BCUT2D eigenvalue weighted by Crippen LogP contribution is 2.41. The normalized spacial score (nSPS) is 19.2. The van der Waals surface area contributed by atoms with Crippen molar-refractivity contribution in [3.8, 4) is 22.9 Å². The predicted molar refractivity (Wildman–Crippen MR) is 179 cm³/mol. The lowest BCUT2D eigenvalue weighted by Crippen LogP contribution is -2.47. The van der Waals surface area contributed by atoms with E-state index in [0.717, 1.165) is 29.2 Å². The molecule has 48 heavy (non-hydrogen) atoms. The number of aryl methyl sites for hydroxylation is 1. The Morgan fingerprint density at radius 2 is 1.83 bits per heavy atom. The van der Waals surface area contributed by atoms with Gasteiger partial charge in [0.05, 0.1) is 11.3 Å². The first kappa shape index (κ1) is 33.0. The SMILES string of the molecule is Cc1ccc2c(NC(=O)[C@H]3CCC(F)(F)C3)cccc2c1Oc1ncccc1-c1ccnc(N[C@H]2CCCN(C(=O)OC(C)(C)C)C2)n1. The van der Waals surface area contributed by atoms with Crippen molar-refractivity contribution in [1.29, 1.82) is 0 Å². The van der Waals surface area contributed by atoms with E-state index in [9.17, 15) is 18.4 Å². The number of anilines is 2. The molecule has 2 aliphatic rings. The van der Waals surface area contributed by atoms with Gasteiger partial charge in [0.15, 0.2) is 0 Å². The van der Waals surface area contributed by atoms with Crippen LogP contribution < -0.4 is 15.4 Å². The van der Waals surface area contributed by atoms with Gasteiger partial charge in [0, 0.05) is 66.7 Å². The largest absolute Gasteiger partial charge is 0.444 e. The minimum atomic E-state index is -2.81. The summed E-state index contributed by atoms with van der Waals surface area (Å²) in [6.07, 6.45) is 4.08. The maximum atomic E-state index is 13.8. The fourth-order valence-corrected chi connectivity index (χ4v) is 6.20. The number of carbonyl (C=O) groups excluding carboxylic acids is 2. The summed E-state index contributed by atoms with van der Waals surface area (Å²) in [7, 11) is 0. The number of halogens is 2. The van der Waals surface area contributed by atoms with Crippen LogP contribution in [-0.4, -0.2) is 62.5 Å². The third-order valence-corrected chi connectivity index (χ3v) is 8.55. The molecule has 2 fully saturated rings. The van der Waals surface area contributed by atoms with Gasteiger partial charge in [-0.05, 0) is 76.8 Å². The molecule has 6 rings (SSSR count). The topological polar surface area (TPSA) is 119 Å². The quantitative estimate of drug-likeness (QED) is 0.205. The van der Waals surface area contributed by atoms with Crippen molar-refractivity contribution in [2.24, 2.45) is 5.92 Å². The molecular weight excluding hydrogens is 618 g/mol. The number of benzene rings is 2. The zero-order chi connectivity index (χ0) is 34.1. The molecule has 4 aromatic rings.